The predicted octanol–water partition coefficient (Wildman–Crippen LogP) is 3.30. The van der Waals surface area contributed by atoms with E-state index in [9.17, 15) is 4.79 Å². The van der Waals surface area contributed by atoms with E-state index in [0.29, 0.717) is 51.0 Å². The average molecular weight is 534 g/mol. The van der Waals surface area contributed by atoms with Gasteiger partial charge in [-0.25, -0.2) is 0 Å². The van der Waals surface area contributed by atoms with Gasteiger partial charge in [-0.2, -0.15) is 0 Å². The maximum Gasteiger partial charge on any atom is 0.252 e. The number of rotatable bonds is 16. The van der Waals surface area contributed by atoms with Gasteiger partial charge in [0.2, 0.25) is 0 Å². The summed E-state index contributed by atoms with van der Waals surface area (Å²) in [5.41, 5.74) is 14.4. The number of benzene rings is 1. The van der Waals surface area contributed by atoms with Gasteiger partial charge < -0.3 is 35.9 Å². The molecule has 0 fully saturated rings. The first-order valence-electron chi connectivity index (χ1n) is 12.6. The van der Waals surface area contributed by atoms with Crippen LogP contribution in [0.5, 0.6) is 0 Å². The minimum Gasteiger partial charge on any atom is -0.398 e. The van der Waals surface area contributed by atoms with Gasteiger partial charge in [-0.3, -0.25) is 9.79 Å². The lowest BCUT2D eigenvalue weighted by Gasteiger charge is -2.06. The molecule has 1 aromatic rings. The van der Waals surface area contributed by atoms with Crippen LogP contribution < -0.4 is 11.5 Å². The van der Waals surface area contributed by atoms with E-state index in [-0.39, 0.29) is 18.8 Å². The standard InChI is InChI=1S/C18H21N3O.C8H18O5.C3H8/c1-4-6-15(7-5-2)21-12-16(18(20)22)17(19)14-10-8-13(3)9-11-14;9-1-3-11-5-7-13-8-6-12-4-2-10;1-3-2/h4-12H,1,19H2,2-3H3,(H2,20,22);9-10H,1-8H2;3H2,1-2H3/b7-5-,15-6+,17-16+,21-12-;;. The molecule has 38 heavy (non-hydrogen) atoms. The van der Waals surface area contributed by atoms with Crippen LogP contribution in [0.25, 0.3) is 5.70 Å². The number of nitrogens with two attached hydrogens (primary N) is 2. The van der Waals surface area contributed by atoms with Gasteiger partial charge in [-0.15, -0.1) is 0 Å². The van der Waals surface area contributed by atoms with Crippen molar-refractivity contribution >= 4 is 17.8 Å². The zero-order chi connectivity index (χ0) is 29.0. The van der Waals surface area contributed by atoms with Crippen LogP contribution in [-0.2, 0) is 19.0 Å². The van der Waals surface area contributed by atoms with Crippen molar-refractivity contribution in [2.24, 2.45) is 16.5 Å². The number of carbonyl (C=O) groups excluding carboxylic acids is 1. The third-order valence-corrected chi connectivity index (χ3v) is 4.10. The number of carbonyl (C=O) groups is 1. The lowest BCUT2D eigenvalue weighted by molar-refractivity contribution is -0.114. The maximum absolute atomic E-state index is 11.6. The Labute approximate surface area is 228 Å². The van der Waals surface area contributed by atoms with Crippen LogP contribution in [0.15, 0.2) is 71.4 Å². The molecular formula is C29H47N3O6. The number of aliphatic hydroxyl groups is 2. The van der Waals surface area contributed by atoms with E-state index in [1.54, 1.807) is 18.2 Å². The third kappa shape index (κ3) is 21.0. The second-order valence-electron chi connectivity index (χ2n) is 7.63. The molecule has 0 radical (unpaired) electrons. The molecule has 0 unspecified atom stereocenters. The minimum absolute atomic E-state index is 0.0413. The summed E-state index contributed by atoms with van der Waals surface area (Å²) in [6.45, 7) is 14.5. The Balaban J connectivity index is 0. The van der Waals surface area contributed by atoms with Gasteiger partial charge in [0, 0.05) is 6.21 Å². The van der Waals surface area contributed by atoms with E-state index in [0.717, 1.165) is 11.1 Å². The SMILES string of the molecule is C=C/C=C(\C=C/C)/N=C\C(C(N)=O)=C(/N)c1ccc(C)cc1.CCC.OCCOCCOCCOCCO. The lowest BCUT2D eigenvalue weighted by Crippen LogP contribution is -2.19. The smallest absolute Gasteiger partial charge is 0.252 e. The van der Waals surface area contributed by atoms with E-state index in [2.05, 4.69) is 25.4 Å². The molecular weight excluding hydrogens is 486 g/mol. The largest absolute Gasteiger partial charge is 0.398 e. The van der Waals surface area contributed by atoms with Gasteiger partial charge in [-0.05, 0) is 31.6 Å². The Kier molecular flexibility index (Phi) is 26.3. The van der Waals surface area contributed by atoms with Crippen molar-refractivity contribution < 1.29 is 29.2 Å². The molecule has 1 amide bonds. The van der Waals surface area contributed by atoms with Crippen molar-refractivity contribution in [2.45, 2.75) is 34.1 Å². The molecule has 0 aromatic heterocycles. The Morgan fingerprint density at radius 1 is 0.947 bits per heavy atom. The Bertz CT molecular complexity index is 852. The Hall–Kier alpha value is -3.08. The van der Waals surface area contributed by atoms with Gasteiger partial charge in [-0.1, -0.05) is 68.8 Å². The molecule has 1 rings (SSSR count). The highest BCUT2D eigenvalue weighted by Gasteiger charge is 2.10. The topological polar surface area (TPSA) is 150 Å². The quantitative estimate of drug-likeness (QED) is 0.110. The van der Waals surface area contributed by atoms with Crippen LogP contribution in [0.2, 0.25) is 0 Å². The van der Waals surface area contributed by atoms with E-state index in [4.69, 9.17) is 35.9 Å². The molecule has 1 aromatic carbocycles. The van der Waals surface area contributed by atoms with E-state index in [1.807, 2.05) is 44.2 Å². The Morgan fingerprint density at radius 2 is 1.42 bits per heavy atom. The fraction of sp³-hybridized carbons (Fsp3) is 0.448. The van der Waals surface area contributed by atoms with Crippen LogP contribution in [0.3, 0.4) is 0 Å². The molecule has 0 spiro atoms. The Morgan fingerprint density at radius 3 is 1.82 bits per heavy atom. The fourth-order valence-corrected chi connectivity index (χ4v) is 2.40. The van der Waals surface area contributed by atoms with Crippen LogP contribution in [0, 0.1) is 6.92 Å². The van der Waals surface area contributed by atoms with Gasteiger partial charge in [0.15, 0.2) is 0 Å². The summed E-state index contributed by atoms with van der Waals surface area (Å²) in [6, 6.07) is 7.52. The zero-order valence-electron chi connectivity index (χ0n) is 23.4. The third-order valence-electron chi connectivity index (χ3n) is 4.10. The summed E-state index contributed by atoms with van der Waals surface area (Å²) in [4.78, 5) is 15.9. The number of aliphatic hydroxyl groups excluding tert-OH is 2. The molecule has 0 aliphatic carbocycles. The second-order valence-corrected chi connectivity index (χ2v) is 7.63. The van der Waals surface area contributed by atoms with Crippen LogP contribution in [0.4, 0.5) is 0 Å². The molecule has 0 saturated carbocycles. The predicted molar refractivity (Wildman–Crippen MR) is 156 cm³/mol. The van der Waals surface area contributed by atoms with Gasteiger partial charge in [0.05, 0.1) is 69.8 Å². The van der Waals surface area contributed by atoms with E-state index >= 15 is 0 Å². The fourth-order valence-electron chi connectivity index (χ4n) is 2.40. The van der Waals surface area contributed by atoms with Crippen LogP contribution in [0.1, 0.15) is 38.3 Å². The minimum atomic E-state index is -0.625. The number of ether oxygens (including phenoxy) is 3. The number of aliphatic imine (C=N–C) groups is 1. The van der Waals surface area contributed by atoms with Crippen molar-refractivity contribution in [3.63, 3.8) is 0 Å². The van der Waals surface area contributed by atoms with E-state index in [1.165, 1.54) is 12.6 Å². The molecule has 9 nitrogen and oxygen atoms in total. The molecule has 0 atom stereocenters. The van der Waals surface area contributed by atoms with Gasteiger partial charge in [0.25, 0.3) is 5.91 Å². The van der Waals surface area contributed by atoms with Crippen LogP contribution in [-0.4, -0.2) is 75.2 Å². The molecule has 0 saturated heterocycles. The number of primary amides is 1. The normalized spacial score (nSPS) is 11.9. The summed E-state index contributed by atoms with van der Waals surface area (Å²) in [7, 11) is 0. The molecule has 0 aliphatic heterocycles. The van der Waals surface area contributed by atoms with E-state index < -0.39 is 5.91 Å². The molecule has 0 aliphatic rings. The average Bonchev–Trinajstić information content (AvgIpc) is 2.89. The number of hydrogen-bond acceptors (Lipinski definition) is 8. The van der Waals surface area contributed by atoms with Crippen LogP contribution >= 0.6 is 0 Å². The first-order valence-corrected chi connectivity index (χ1v) is 12.6. The van der Waals surface area contributed by atoms with Crippen molar-refractivity contribution in [3.05, 3.63) is 77.5 Å². The number of aryl methyl sites for hydroxylation is 1. The number of allylic oxidation sites excluding steroid dienone is 4. The van der Waals surface area contributed by atoms with Crippen molar-refractivity contribution in [1.82, 2.24) is 0 Å². The molecule has 0 heterocycles. The second kappa shape index (κ2) is 27.0. The summed E-state index contributed by atoms with van der Waals surface area (Å²) < 4.78 is 15.0. The number of hydrogen-bond donors (Lipinski definition) is 4. The first-order chi connectivity index (χ1) is 18.3. The molecule has 214 valence electrons. The first kappa shape index (κ1) is 37.1. The zero-order valence-corrected chi connectivity index (χ0v) is 23.4. The maximum atomic E-state index is 11.6. The summed E-state index contributed by atoms with van der Waals surface area (Å²) in [5.74, 6) is -0.625. The molecule has 0 bridgehead atoms. The summed E-state index contributed by atoms with van der Waals surface area (Å²) >= 11 is 0. The summed E-state index contributed by atoms with van der Waals surface area (Å²) in [6.07, 6.45) is 9.59. The highest BCUT2D eigenvalue weighted by atomic mass is 16.5. The highest BCUT2D eigenvalue weighted by molar-refractivity contribution is 6.17. The molecule has 9 heteroatoms. The van der Waals surface area contributed by atoms with Gasteiger partial charge in [0.1, 0.15) is 0 Å². The van der Waals surface area contributed by atoms with Crippen molar-refractivity contribution in [1.29, 1.82) is 0 Å². The number of amides is 1. The van der Waals surface area contributed by atoms with Gasteiger partial charge >= 0.3 is 0 Å². The molecule has 6 N–H and O–H groups in total. The summed E-state index contributed by atoms with van der Waals surface area (Å²) in [5, 5.41) is 16.7. The lowest BCUT2D eigenvalue weighted by atomic mass is 10.1. The highest BCUT2D eigenvalue weighted by Crippen LogP contribution is 2.14. The number of nitrogens with zero attached hydrogens (tertiary/aromatic N) is 1. The van der Waals surface area contributed by atoms with Crippen molar-refractivity contribution in [2.75, 3.05) is 52.9 Å². The monoisotopic (exact) mass is 533 g/mol. The van der Waals surface area contributed by atoms with Crippen molar-refractivity contribution in [3.8, 4) is 0 Å².